The minimum Gasteiger partial charge on any atom is -0.508 e. The van der Waals surface area contributed by atoms with E-state index in [2.05, 4.69) is 31.2 Å². The van der Waals surface area contributed by atoms with Gasteiger partial charge in [-0.2, -0.15) is 0 Å². The van der Waals surface area contributed by atoms with Gasteiger partial charge in [0.2, 0.25) is 0 Å². The van der Waals surface area contributed by atoms with Gasteiger partial charge in [-0.1, -0.05) is 43.3 Å². The van der Waals surface area contributed by atoms with E-state index >= 15 is 0 Å². The van der Waals surface area contributed by atoms with E-state index in [0.29, 0.717) is 29.3 Å². The minimum absolute atomic E-state index is 0.198. The van der Waals surface area contributed by atoms with Crippen molar-refractivity contribution in [2.75, 3.05) is 0 Å². The first-order valence-electron chi connectivity index (χ1n) is 10.2. The van der Waals surface area contributed by atoms with Gasteiger partial charge in [-0.15, -0.1) is 0 Å². The number of phenolic OH excluding ortho intramolecular Hbond substituents is 1. The Morgan fingerprint density at radius 3 is 2.74 bits per heavy atom. The molecule has 0 spiro atoms. The number of aromatic hydroxyl groups is 1. The van der Waals surface area contributed by atoms with Crippen LogP contribution in [0.2, 0.25) is 0 Å². The third kappa shape index (κ3) is 2.57. The Balaban J connectivity index is 1.50. The minimum atomic E-state index is -0.198. The first-order chi connectivity index (χ1) is 13.1. The molecule has 0 aromatic heterocycles. The van der Waals surface area contributed by atoms with Gasteiger partial charge in [0.05, 0.1) is 0 Å². The lowest BCUT2D eigenvalue weighted by molar-refractivity contribution is -0.127. The van der Waals surface area contributed by atoms with Gasteiger partial charge in [0.25, 0.3) is 0 Å². The normalized spacial score (nSPS) is 33.4. The van der Waals surface area contributed by atoms with E-state index in [-0.39, 0.29) is 5.41 Å². The number of carbonyl (C=O) groups excluding carboxylic acids is 1. The van der Waals surface area contributed by atoms with Crippen LogP contribution in [0.15, 0.2) is 54.1 Å². The van der Waals surface area contributed by atoms with E-state index < -0.39 is 0 Å². The van der Waals surface area contributed by atoms with E-state index in [0.717, 1.165) is 43.2 Å². The molecular formula is C25H26O2. The molecule has 4 unspecified atom stereocenters. The summed E-state index contributed by atoms with van der Waals surface area (Å²) in [4.78, 5) is 13.3. The standard InChI is InChI=1S/C25H26O2/c1-25-12-11-21-20-10-8-19(26)14-17(20)7-9-22(21)23(25)15-18(24(25)27)13-16-5-3-2-4-6-16/h2-6,8,10,13-14,21-23,26H,7,9,11-12,15H2,1H3. The number of hydrogen-bond acceptors (Lipinski definition) is 2. The maximum Gasteiger partial charge on any atom is 0.165 e. The largest absolute Gasteiger partial charge is 0.508 e. The third-order valence-electron chi connectivity index (χ3n) is 7.49. The maximum absolute atomic E-state index is 13.3. The highest BCUT2D eigenvalue weighted by molar-refractivity contribution is 6.06. The van der Waals surface area contributed by atoms with Gasteiger partial charge >= 0.3 is 0 Å². The number of hydrogen-bond donors (Lipinski definition) is 1. The number of fused-ring (bicyclic) bond motifs is 5. The molecule has 4 atom stereocenters. The van der Waals surface area contributed by atoms with Crippen LogP contribution >= 0.6 is 0 Å². The Labute approximate surface area is 160 Å². The van der Waals surface area contributed by atoms with E-state index in [1.807, 2.05) is 30.3 Å². The topological polar surface area (TPSA) is 37.3 Å². The van der Waals surface area contributed by atoms with E-state index in [4.69, 9.17) is 0 Å². The molecule has 3 aliphatic rings. The van der Waals surface area contributed by atoms with E-state index in [1.165, 1.54) is 11.1 Å². The molecule has 5 rings (SSSR count). The van der Waals surface area contributed by atoms with Crippen LogP contribution in [0.25, 0.3) is 6.08 Å². The molecular weight excluding hydrogens is 332 g/mol. The van der Waals surface area contributed by atoms with Gasteiger partial charge in [-0.25, -0.2) is 0 Å². The fourth-order valence-electron chi connectivity index (χ4n) is 6.12. The molecule has 0 radical (unpaired) electrons. The average molecular weight is 358 g/mol. The summed E-state index contributed by atoms with van der Waals surface area (Å²) < 4.78 is 0. The summed E-state index contributed by atoms with van der Waals surface area (Å²) in [5.41, 5.74) is 4.68. The molecule has 0 aliphatic heterocycles. The van der Waals surface area contributed by atoms with Crippen LogP contribution in [0.1, 0.15) is 55.2 Å². The molecule has 2 nitrogen and oxygen atoms in total. The second-order valence-electron chi connectivity index (χ2n) is 8.87. The summed E-state index contributed by atoms with van der Waals surface area (Å²) in [6, 6.07) is 16.1. The molecule has 0 heterocycles. The summed E-state index contributed by atoms with van der Waals surface area (Å²) in [5, 5.41) is 9.83. The van der Waals surface area contributed by atoms with Gasteiger partial charge in [0.1, 0.15) is 5.75 Å². The van der Waals surface area contributed by atoms with Gasteiger partial charge in [-0.3, -0.25) is 4.79 Å². The fraction of sp³-hybridized carbons (Fsp3) is 0.400. The van der Waals surface area contributed by atoms with Crippen molar-refractivity contribution in [3.05, 3.63) is 70.8 Å². The van der Waals surface area contributed by atoms with Crippen molar-refractivity contribution < 1.29 is 9.90 Å². The predicted molar refractivity (Wildman–Crippen MR) is 108 cm³/mol. The van der Waals surface area contributed by atoms with Crippen LogP contribution in [-0.4, -0.2) is 10.9 Å². The lowest BCUT2D eigenvalue weighted by Gasteiger charge is -2.48. The van der Waals surface area contributed by atoms with E-state index in [1.54, 1.807) is 0 Å². The lowest BCUT2D eigenvalue weighted by atomic mass is 9.55. The molecule has 2 aromatic carbocycles. The predicted octanol–water partition coefficient (Wildman–Crippen LogP) is 5.51. The number of phenols is 1. The van der Waals surface area contributed by atoms with Crippen molar-refractivity contribution in [3.8, 4) is 5.75 Å². The van der Waals surface area contributed by atoms with Crippen LogP contribution in [0.5, 0.6) is 5.75 Å². The summed E-state index contributed by atoms with van der Waals surface area (Å²) in [6.45, 7) is 2.22. The highest BCUT2D eigenvalue weighted by Crippen LogP contribution is 2.60. The van der Waals surface area contributed by atoms with Crippen LogP contribution in [-0.2, 0) is 11.2 Å². The third-order valence-corrected chi connectivity index (χ3v) is 7.49. The molecule has 2 heteroatoms. The van der Waals surface area contributed by atoms with Gasteiger partial charge in [0.15, 0.2) is 5.78 Å². The number of ketones is 1. The molecule has 0 bridgehead atoms. The average Bonchev–Trinajstić information content (AvgIpc) is 2.93. The van der Waals surface area contributed by atoms with Crippen LogP contribution < -0.4 is 0 Å². The van der Waals surface area contributed by atoms with Crippen molar-refractivity contribution in [2.24, 2.45) is 17.3 Å². The van der Waals surface area contributed by atoms with E-state index in [9.17, 15) is 9.90 Å². The number of carbonyl (C=O) groups is 1. The van der Waals surface area contributed by atoms with Crippen molar-refractivity contribution in [1.82, 2.24) is 0 Å². The second kappa shape index (κ2) is 6.09. The summed E-state index contributed by atoms with van der Waals surface area (Å²) in [6.07, 6.45) is 7.25. The molecule has 27 heavy (non-hydrogen) atoms. The Hall–Kier alpha value is -2.35. The number of rotatable bonds is 1. The van der Waals surface area contributed by atoms with Gasteiger partial charge in [0, 0.05) is 5.41 Å². The Bertz CT molecular complexity index is 927. The molecule has 0 saturated heterocycles. The van der Waals surface area contributed by atoms with Gasteiger partial charge < -0.3 is 5.11 Å². The molecule has 2 fully saturated rings. The highest BCUT2D eigenvalue weighted by atomic mass is 16.3. The zero-order valence-electron chi connectivity index (χ0n) is 15.8. The fourth-order valence-corrected chi connectivity index (χ4v) is 6.12. The van der Waals surface area contributed by atoms with Crippen LogP contribution in [0, 0.1) is 17.3 Å². The summed E-state index contributed by atoms with van der Waals surface area (Å²) in [5.74, 6) is 2.31. The lowest BCUT2D eigenvalue weighted by Crippen LogP contribution is -2.42. The maximum atomic E-state index is 13.3. The second-order valence-corrected chi connectivity index (χ2v) is 8.87. The number of benzene rings is 2. The molecule has 1 N–H and O–H groups in total. The number of Topliss-reactive ketones (excluding diaryl/α,β-unsaturated/α-hetero) is 1. The quantitative estimate of drug-likeness (QED) is 0.682. The number of allylic oxidation sites excluding steroid dienone is 1. The molecule has 2 saturated carbocycles. The Morgan fingerprint density at radius 2 is 1.93 bits per heavy atom. The zero-order chi connectivity index (χ0) is 18.6. The smallest absolute Gasteiger partial charge is 0.165 e. The van der Waals surface area contributed by atoms with Gasteiger partial charge in [-0.05, 0) is 90.3 Å². The van der Waals surface area contributed by atoms with Crippen molar-refractivity contribution in [3.63, 3.8) is 0 Å². The number of aryl methyl sites for hydroxylation is 1. The first-order valence-corrected chi connectivity index (χ1v) is 10.2. The zero-order valence-corrected chi connectivity index (χ0v) is 15.8. The first kappa shape index (κ1) is 16.8. The Morgan fingerprint density at radius 1 is 1.11 bits per heavy atom. The monoisotopic (exact) mass is 358 g/mol. The highest BCUT2D eigenvalue weighted by Gasteiger charge is 2.56. The van der Waals surface area contributed by atoms with Crippen LogP contribution in [0.4, 0.5) is 0 Å². The van der Waals surface area contributed by atoms with Crippen molar-refractivity contribution in [2.45, 2.75) is 44.9 Å². The van der Waals surface area contributed by atoms with Crippen LogP contribution in [0.3, 0.4) is 0 Å². The SMILES string of the molecule is CC12CCC3c4ccc(O)cc4CCC3C1CC(=Cc1ccccc1)C2=O. The molecule has 3 aliphatic carbocycles. The molecule has 0 amide bonds. The molecule has 2 aromatic rings. The Kier molecular flexibility index (Phi) is 3.79. The molecule has 138 valence electrons. The van der Waals surface area contributed by atoms with Crippen molar-refractivity contribution in [1.29, 1.82) is 0 Å². The summed E-state index contributed by atoms with van der Waals surface area (Å²) >= 11 is 0. The van der Waals surface area contributed by atoms with Crippen molar-refractivity contribution >= 4 is 11.9 Å². The summed E-state index contributed by atoms with van der Waals surface area (Å²) in [7, 11) is 0.